The zero-order valence-corrected chi connectivity index (χ0v) is 13.8. The van der Waals surface area contributed by atoms with Crippen LogP contribution < -0.4 is 5.43 Å². The lowest BCUT2D eigenvalue weighted by Gasteiger charge is -2.06. The minimum absolute atomic E-state index is 0.117. The standard InChI is InChI=1S/C19H14N2O5/c1-2-25-19(24)12-9-20-14-7-11(15(22)8-10(14)17(12)23)18-21-13-5-3-4-6-16(13)26-18/h3-9,22H,2H2,1H3,(H,20,23). The van der Waals surface area contributed by atoms with Crippen LogP contribution in [0.4, 0.5) is 0 Å². The van der Waals surface area contributed by atoms with Gasteiger partial charge < -0.3 is 19.2 Å². The minimum Gasteiger partial charge on any atom is -0.507 e. The zero-order chi connectivity index (χ0) is 18.3. The molecular weight excluding hydrogens is 336 g/mol. The molecule has 0 aliphatic rings. The molecular formula is C19H14N2O5. The Labute approximate surface area is 146 Å². The third-order valence-electron chi connectivity index (χ3n) is 4.02. The summed E-state index contributed by atoms with van der Waals surface area (Å²) in [6.07, 6.45) is 1.30. The van der Waals surface area contributed by atoms with Crippen molar-refractivity contribution in [3.05, 3.63) is 58.4 Å². The number of nitrogens with zero attached hydrogens (tertiary/aromatic N) is 1. The summed E-state index contributed by atoms with van der Waals surface area (Å²) in [5.74, 6) is -0.644. The number of oxazole rings is 1. The van der Waals surface area contributed by atoms with Gasteiger partial charge in [-0.25, -0.2) is 9.78 Å². The lowest BCUT2D eigenvalue weighted by atomic mass is 10.1. The van der Waals surface area contributed by atoms with E-state index in [4.69, 9.17) is 9.15 Å². The van der Waals surface area contributed by atoms with Crippen molar-refractivity contribution in [1.29, 1.82) is 0 Å². The van der Waals surface area contributed by atoms with E-state index in [1.54, 1.807) is 25.1 Å². The van der Waals surface area contributed by atoms with Crippen LogP contribution in [0.15, 0.2) is 51.8 Å². The zero-order valence-electron chi connectivity index (χ0n) is 13.8. The smallest absolute Gasteiger partial charge is 0.343 e. The average Bonchev–Trinajstić information content (AvgIpc) is 3.06. The molecule has 0 saturated heterocycles. The number of carbonyl (C=O) groups excluding carboxylic acids is 1. The number of phenols is 1. The number of benzene rings is 2. The molecule has 0 aliphatic carbocycles. The summed E-state index contributed by atoms with van der Waals surface area (Å²) in [6.45, 7) is 1.82. The van der Waals surface area contributed by atoms with Gasteiger partial charge in [0.1, 0.15) is 16.8 Å². The van der Waals surface area contributed by atoms with Crippen molar-refractivity contribution in [2.45, 2.75) is 6.92 Å². The molecule has 2 aromatic heterocycles. The van der Waals surface area contributed by atoms with E-state index in [0.717, 1.165) is 0 Å². The number of hydrogen-bond acceptors (Lipinski definition) is 6. The van der Waals surface area contributed by atoms with Gasteiger partial charge in [-0.05, 0) is 31.2 Å². The maximum atomic E-state index is 12.5. The lowest BCUT2D eigenvalue weighted by Crippen LogP contribution is -2.18. The summed E-state index contributed by atoms with van der Waals surface area (Å²) in [4.78, 5) is 31.6. The first kappa shape index (κ1) is 15.9. The number of H-pyrrole nitrogens is 1. The highest BCUT2D eigenvalue weighted by atomic mass is 16.5. The molecule has 0 unspecified atom stereocenters. The summed E-state index contributed by atoms with van der Waals surface area (Å²) in [5.41, 5.74) is 1.40. The maximum absolute atomic E-state index is 12.5. The van der Waals surface area contributed by atoms with E-state index in [0.29, 0.717) is 22.2 Å². The van der Waals surface area contributed by atoms with Crippen molar-refractivity contribution in [2.75, 3.05) is 6.61 Å². The third-order valence-corrected chi connectivity index (χ3v) is 4.02. The molecule has 0 amide bonds. The Hall–Kier alpha value is -3.61. The molecule has 4 rings (SSSR count). The number of nitrogens with one attached hydrogen (secondary N) is 1. The fourth-order valence-electron chi connectivity index (χ4n) is 2.78. The minimum atomic E-state index is -0.710. The molecule has 2 aromatic carbocycles. The van der Waals surface area contributed by atoms with Crippen LogP contribution in [0.3, 0.4) is 0 Å². The highest BCUT2D eigenvalue weighted by molar-refractivity contribution is 5.95. The van der Waals surface area contributed by atoms with Crippen LogP contribution in [0, 0.1) is 0 Å². The summed E-state index contributed by atoms with van der Waals surface area (Å²) in [5, 5.41) is 10.5. The number of fused-ring (bicyclic) bond motifs is 2. The fourth-order valence-corrected chi connectivity index (χ4v) is 2.78. The molecule has 130 valence electrons. The molecule has 4 aromatic rings. The van der Waals surface area contributed by atoms with Gasteiger partial charge in [-0.1, -0.05) is 12.1 Å². The number of para-hydroxylation sites is 2. The molecule has 2 N–H and O–H groups in total. The predicted molar refractivity (Wildman–Crippen MR) is 95.2 cm³/mol. The van der Waals surface area contributed by atoms with Crippen molar-refractivity contribution < 1.29 is 19.1 Å². The van der Waals surface area contributed by atoms with E-state index in [2.05, 4.69) is 9.97 Å². The molecule has 0 atom stereocenters. The van der Waals surface area contributed by atoms with Crippen LogP contribution in [-0.4, -0.2) is 27.7 Å². The van der Waals surface area contributed by atoms with Crippen molar-refractivity contribution in [2.24, 2.45) is 0 Å². The number of aromatic nitrogens is 2. The maximum Gasteiger partial charge on any atom is 0.343 e. The topological polar surface area (TPSA) is 105 Å². The van der Waals surface area contributed by atoms with Gasteiger partial charge in [0.15, 0.2) is 5.58 Å². The number of carbonyl (C=O) groups is 1. The van der Waals surface area contributed by atoms with E-state index >= 15 is 0 Å². The van der Waals surface area contributed by atoms with Gasteiger partial charge in [-0.2, -0.15) is 0 Å². The van der Waals surface area contributed by atoms with Crippen LogP contribution in [-0.2, 0) is 4.74 Å². The Balaban J connectivity index is 1.88. The van der Waals surface area contributed by atoms with Crippen molar-refractivity contribution in [1.82, 2.24) is 9.97 Å². The number of pyridine rings is 1. The summed E-state index contributed by atoms with van der Waals surface area (Å²) >= 11 is 0. The fraction of sp³-hybridized carbons (Fsp3) is 0.105. The molecule has 26 heavy (non-hydrogen) atoms. The summed E-state index contributed by atoms with van der Waals surface area (Å²) in [7, 11) is 0. The first-order valence-electron chi connectivity index (χ1n) is 8.00. The van der Waals surface area contributed by atoms with Gasteiger partial charge in [0.25, 0.3) is 0 Å². The molecule has 0 aliphatic heterocycles. The first-order valence-corrected chi connectivity index (χ1v) is 8.00. The average molecular weight is 350 g/mol. The van der Waals surface area contributed by atoms with Crippen LogP contribution in [0.25, 0.3) is 33.5 Å². The van der Waals surface area contributed by atoms with Gasteiger partial charge in [0, 0.05) is 6.20 Å². The molecule has 0 radical (unpaired) electrons. The highest BCUT2D eigenvalue weighted by Crippen LogP contribution is 2.33. The molecule has 0 fully saturated rings. The second-order valence-electron chi connectivity index (χ2n) is 5.65. The third kappa shape index (κ3) is 2.50. The van der Waals surface area contributed by atoms with Gasteiger partial charge in [-0.3, -0.25) is 4.79 Å². The van der Waals surface area contributed by atoms with Crippen LogP contribution in [0.5, 0.6) is 5.75 Å². The van der Waals surface area contributed by atoms with Gasteiger partial charge in [-0.15, -0.1) is 0 Å². The van der Waals surface area contributed by atoms with E-state index in [-0.39, 0.29) is 29.2 Å². The van der Waals surface area contributed by atoms with E-state index in [9.17, 15) is 14.7 Å². The van der Waals surface area contributed by atoms with Gasteiger partial charge in [0.2, 0.25) is 11.3 Å². The monoisotopic (exact) mass is 350 g/mol. The largest absolute Gasteiger partial charge is 0.507 e. The second-order valence-corrected chi connectivity index (χ2v) is 5.65. The quantitative estimate of drug-likeness (QED) is 0.550. The SMILES string of the molecule is CCOC(=O)c1c[nH]c2cc(-c3nc4ccccc4o3)c(O)cc2c1=O. The van der Waals surface area contributed by atoms with Gasteiger partial charge >= 0.3 is 5.97 Å². The Morgan fingerprint density at radius 2 is 2.12 bits per heavy atom. The van der Waals surface area contributed by atoms with Crippen LogP contribution in [0.1, 0.15) is 17.3 Å². The molecule has 7 heteroatoms. The Bertz CT molecular complexity index is 1170. The number of aromatic hydroxyl groups is 1. The van der Waals surface area contributed by atoms with Gasteiger partial charge in [0.05, 0.1) is 23.1 Å². The number of ether oxygens (including phenoxy) is 1. The molecule has 0 saturated carbocycles. The highest BCUT2D eigenvalue weighted by Gasteiger charge is 2.18. The number of esters is 1. The Kier molecular flexibility index (Phi) is 3.69. The number of phenolic OH excluding ortho intramolecular Hbond substituents is 1. The molecule has 0 bridgehead atoms. The van der Waals surface area contributed by atoms with E-state index < -0.39 is 11.4 Å². The summed E-state index contributed by atoms with van der Waals surface area (Å²) in [6, 6.07) is 10.1. The summed E-state index contributed by atoms with van der Waals surface area (Å²) < 4.78 is 10.5. The predicted octanol–water partition coefficient (Wildman–Crippen LogP) is 3.22. The van der Waals surface area contributed by atoms with E-state index in [1.807, 2.05) is 12.1 Å². The van der Waals surface area contributed by atoms with Crippen molar-refractivity contribution in [3.63, 3.8) is 0 Å². The van der Waals surface area contributed by atoms with Crippen molar-refractivity contribution in [3.8, 4) is 17.2 Å². The molecule has 7 nitrogen and oxygen atoms in total. The normalized spacial score (nSPS) is 11.1. The second kappa shape index (κ2) is 6.03. The van der Waals surface area contributed by atoms with Crippen LogP contribution >= 0.6 is 0 Å². The lowest BCUT2D eigenvalue weighted by molar-refractivity contribution is 0.0524. The van der Waals surface area contributed by atoms with Crippen LogP contribution in [0.2, 0.25) is 0 Å². The molecule has 2 heterocycles. The van der Waals surface area contributed by atoms with E-state index in [1.165, 1.54) is 12.3 Å². The Morgan fingerprint density at radius 1 is 1.31 bits per heavy atom. The number of rotatable bonds is 3. The number of hydrogen-bond donors (Lipinski definition) is 2. The van der Waals surface area contributed by atoms with Crippen molar-refractivity contribution >= 4 is 28.0 Å². The molecule has 0 spiro atoms. The number of aromatic amines is 1. The first-order chi connectivity index (χ1) is 12.6. The Morgan fingerprint density at radius 3 is 2.88 bits per heavy atom.